The largest absolute Gasteiger partial charge is 0.480 e. The van der Waals surface area contributed by atoms with Gasteiger partial charge in [0.25, 0.3) is 5.91 Å². The molecule has 3 amide bonds. The highest BCUT2D eigenvalue weighted by atomic mass is 16.5. The smallest absolute Gasteiger partial charge is 0.321 e. The van der Waals surface area contributed by atoms with E-state index in [1.165, 1.54) is 0 Å². The van der Waals surface area contributed by atoms with Crippen LogP contribution in [0.4, 0.5) is 4.79 Å². The van der Waals surface area contributed by atoms with E-state index in [2.05, 4.69) is 16.0 Å². The second-order valence-corrected chi connectivity index (χ2v) is 4.70. The van der Waals surface area contributed by atoms with Gasteiger partial charge in [0, 0.05) is 18.7 Å². The SMILES string of the molecule is CCNC(=O)NC(=O)C(C)Oc1c(C)cccc1CNC. The second kappa shape index (κ2) is 8.26. The van der Waals surface area contributed by atoms with Gasteiger partial charge in [-0.3, -0.25) is 10.1 Å². The number of rotatable bonds is 6. The van der Waals surface area contributed by atoms with Crippen molar-refractivity contribution >= 4 is 11.9 Å². The normalized spacial score (nSPS) is 11.6. The molecule has 1 aromatic rings. The molecule has 0 aliphatic heterocycles. The Bertz CT molecular complexity index is 503. The number of ether oxygens (including phenoxy) is 1. The molecule has 3 N–H and O–H groups in total. The van der Waals surface area contributed by atoms with E-state index in [0.29, 0.717) is 18.8 Å². The van der Waals surface area contributed by atoms with Crippen molar-refractivity contribution in [2.75, 3.05) is 13.6 Å². The van der Waals surface area contributed by atoms with Crippen molar-refractivity contribution in [2.45, 2.75) is 33.4 Å². The Balaban J connectivity index is 2.76. The number of nitrogens with one attached hydrogen (secondary N) is 3. The molecule has 0 saturated carbocycles. The molecule has 0 aliphatic carbocycles. The van der Waals surface area contributed by atoms with Crippen LogP contribution in [0.5, 0.6) is 5.75 Å². The second-order valence-electron chi connectivity index (χ2n) is 4.70. The van der Waals surface area contributed by atoms with Gasteiger partial charge in [-0.05, 0) is 33.4 Å². The van der Waals surface area contributed by atoms with Gasteiger partial charge in [0.15, 0.2) is 6.10 Å². The van der Waals surface area contributed by atoms with E-state index in [-0.39, 0.29) is 0 Å². The zero-order valence-corrected chi connectivity index (χ0v) is 12.9. The third-order valence-electron chi connectivity index (χ3n) is 2.90. The lowest BCUT2D eigenvalue weighted by Crippen LogP contribution is -2.45. The van der Waals surface area contributed by atoms with Crippen molar-refractivity contribution in [1.29, 1.82) is 0 Å². The summed E-state index contributed by atoms with van der Waals surface area (Å²) in [6, 6.07) is 5.28. The highest BCUT2D eigenvalue weighted by molar-refractivity contribution is 5.96. The van der Waals surface area contributed by atoms with Gasteiger partial charge in [-0.25, -0.2) is 4.79 Å². The third kappa shape index (κ3) is 5.07. The summed E-state index contributed by atoms with van der Waals surface area (Å²) < 4.78 is 5.74. The number of benzene rings is 1. The van der Waals surface area contributed by atoms with Crippen molar-refractivity contribution in [1.82, 2.24) is 16.0 Å². The van der Waals surface area contributed by atoms with Gasteiger partial charge in [0.2, 0.25) is 0 Å². The number of amides is 3. The lowest BCUT2D eigenvalue weighted by atomic mass is 10.1. The van der Waals surface area contributed by atoms with Crippen LogP contribution in [0.25, 0.3) is 0 Å². The standard InChI is InChI=1S/C15H23N3O3/c1-5-17-15(20)18-14(19)11(3)21-13-10(2)7-6-8-12(13)9-16-4/h6-8,11,16H,5,9H2,1-4H3,(H2,17,18,19,20). The van der Waals surface area contributed by atoms with Gasteiger partial charge in [0.1, 0.15) is 5.75 Å². The first-order valence-electron chi connectivity index (χ1n) is 6.98. The predicted molar refractivity (Wildman–Crippen MR) is 81.2 cm³/mol. The van der Waals surface area contributed by atoms with Crippen molar-refractivity contribution in [3.8, 4) is 5.75 Å². The van der Waals surface area contributed by atoms with E-state index in [1.807, 2.05) is 32.2 Å². The molecule has 1 atom stereocenters. The zero-order chi connectivity index (χ0) is 15.8. The maximum Gasteiger partial charge on any atom is 0.321 e. The van der Waals surface area contributed by atoms with E-state index in [4.69, 9.17) is 4.74 Å². The highest BCUT2D eigenvalue weighted by Crippen LogP contribution is 2.24. The van der Waals surface area contributed by atoms with E-state index >= 15 is 0 Å². The molecule has 0 aromatic heterocycles. The topological polar surface area (TPSA) is 79.5 Å². The number of imide groups is 1. The molecule has 21 heavy (non-hydrogen) atoms. The third-order valence-corrected chi connectivity index (χ3v) is 2.90. The van der Waals surface area contributed by atoms with Crippen LogP contribution in [0.1, 0.15) is 25.0 Å². The van der Waals surface area contributed by atoms with Crippen LogP contribution in [-0.2, 0) is 11.3 Å². The Morgan fingerprint density at radius 2 is 2.05 bits per heavy atom. The van der Waals surface area contributed by atoms with Crippen molar-refractivity contribution in [3.05, 3.63) is 29.3 Å². The fourth-order valence-electron chi connectivity index (χ4n) is 1.86. The summed E-state index contributed by atoms with van der Waals surface area (Å²) in [6.45, 7) is 6.41. The van der Waals surface area contributed by atoms with Crippen molar-refractivity contribution in [2.24, 2.45) is 0 Å². The van der Waals surface area contributed by atoms with Crippen LogP contribution >= 0.6 is 0 Å². The van der Waals surface area contributed by atoms with Crippen LogP contribution in [-0.4, -0.2) is 31.6 Å². The minimum atomic E-state index is -0.760. The number of hydrogen-bond donors (Lipinski definition) is 3. The Hall–Kier alpha value is -2.08. The first-order chi connectivity index (χ1) is 9.99. The summed E-state index contributed by atoms with van der Waals surface area (Å²) in [4.78, 5) is 23.2. The molecular formula is C15H23N3O3. The summed E-state index contributed by atoms with van der Waals surface area (Å²) in [5.41, 5.74) is 1.91. The van der Waals surface area contributed by atoms with E-state index in [1.54, 1.807) is 13.8 Å². The van der Waals surface area contributed by atoms with Gasteiger partial charge >= 0.3 is 6.03 Å². The molecular weight excluding hydrogens is 270 g/mol. The highest BCUT2D eigenvalue weighted by Gasteiger charge is 2.19. The number of para-hydroxylation sites is 1. The Morgan fingerprint density at radius 3 is 2.67 bits per heavy atom. The van der Waals surface area contributed by atoms with E-state index in [9.17, 15) is 9.59 Å². The number of aryl methyl sites for hydroxylation is 1. The number of carbonyl (C=O) groups excluding carboxylic acids is 2. The molecule has 0 fully saturated rings. The number of hydrogen-bond acceptors (Lipinski definition) is 4. The molecule has 0 heterocycles. The molecule has 0 spiro atoms. The maximum atomic E-state index is 11.9. The average molecular weight is 293 g/mol. The summed E-state index contributed by atoms with van der Waals surface area (Å²) in [6.07, 6.45) is -0.760. The van der Waals surface area contributed by atoms with E-state index < -0.39 is 18.0 Å². The molecule has 116 valence electrons. The Kier molecular flexibility index (Phi) is 6.68. The van der Waals surface area contributed by atoms with Crippen LogP contribution in [0.3, 0.4) is 0 Å². The van der Waals surface area contributed by atoms with Crippen LogP contribution in [0, 0.1) is 6.92 Å². The average Bonchev–Trinajstić information content (AvgIpc) is 2.42. The molecule has 0 saturated heterocycles. The van der Waals surface area contributed by atoms with Gasteiger partial charge in [-0.1, -0.05) is 18.2 Å². The lowest BCUT2D eigenvalue weighted by molar-refractivity contribution is -0.126. The number of carbonyl (C=O) groups is 2. The zero-order valence-electron chi connectivity index (χ0n) is 12.9. The molecule has 0 radical (unpaired) electrons. The van der Waals surface area contributed by atoms with Gasteiger partial charge in [-0.2, -0.15) is 0 Å². The molecule has 0 bridgehead atoms. The molecule has 1 unspecified atom stereocenters. The summed E-state index contributed by atoms with van der Waals surface area (Å²) in [5.74, 6) is 0.199. The predicted octanol–water partition coefficient (Wildman–Crippen LogP) is 1.33. The van der Waals surface area contributed by atoms with Gasteiger partial charge < -0.3 is 15.4 Å². The Labute approximate surface area is 125 Å². The Morgan fingerprint density at radius 1 is 1.33 bits per heavy atom. The lowest BCUT2D eigenvalue weighted by Gasteiger charge is -2.18. The fraction of sp³-hybridized carbons (Fsp3) is 0.467. The van der Waals surface area contributed by atoms with Crippen LogP contribution in [0.15, 0.2) is 18.2 Å². The van der Waals surface area contributed by atoms with E-state index in [0.717, 1.165) is 11.1 Å². The molecule has 0 aliphatic rings. The minimum absolute atomic E-state index is 0.457. The quantitative estimate of drug-likeness (QED) is 0.739. The maximum absolute atomic E-state index is 11.9. The monoisotopic (exact) mass is 293 g/mol. The number of urea groups is 1. The molecule has 1 aromatic carbocycles. The summed E-state index contributed by atoms with van der Waals surface area (Å²) in [7, 11) is 1.84. The van der Waals surface area contributed by atoms with Crippen LogP contribution < -0.4 is 20.7 Å². The van der Waals surface area contributed by atoms with Gasteiger partial charge in [0.05, 0.1) is 0 Å². The fourth-order valence-corrected chi connectivity index (χ4v) is 1.86. The summed E-state index contributed by atoms with van der Waals surface area (Å²) in [5, 5.41) is 7.80. The summed E-state index contributed by atoms with van der Waals surface area (Å²) >= 11 is 0. The molecule has 6 heteroatoms. The van der Waals surface area contributed by atoms with Gasteiger partial charge in [-0.15, -0.1) is 0 Å². The molecule has 1 rings (SSSR count). The van der Waals surface area contributed by atoms with Crippen molar-refractivity contribution < 1.29 is 14.3 Å². The molecule has 6 nitrogen and oxygen atoms in total. The first kappa shape index (κ1) is 17.0. The van der Waals surface area contributed by atoms with Crippen LogP contribution in [0.2, 0.25) is 0 Å². The minimum Gasteiger partial charge on any atom is -0.480 e. The first-order valence-corrected chi connectivity index (χ1v) is 6.98. The van der Waals surface area contributed by atoms with Crippen molar-refractivity contribution in [3.63, 3.8) is 0 Å².